The lowest BCUT2D eigenvalue weighted by atomic mass is 9.83. The number of nitrogens with zero attached hydrogens (tertiary/aromatic N) is 6. The van der Waals surface area contributed by atoms with Crippen molar-refractivity contribution in [3.8, 4) is 0 Å². The molecule has 7 heteroatoms. The lowest BCUT2D eigenvalue weighted by Gasteiger charge is -2.35. The third-order valence-electron chi connectivity index (χ3n) is 6.80. The summed E-state index contributed by atoms with van der Waals surface area (Å²) in [5, 5.41) is 4.65. The Morgan fingerprint density at radius 2 is 1.76 bits per heavy atom. The molecule has 5 rings (SSSR count). The van der Waals surface area contributed by atoms with Gasteiger partial charge in [0.2, 0.25) is 0 Å². The van der Waals surface area contributed by atoms with Gasteiger partial charge in [0.15, 0.2) is 0 Å². The molecule has 0 radical (unpaired) electrons. The molecule has 0 amide bonds. The predicted molar refractivity (Wildman–Crippen MR) is 112 cm³/mol. The van der Waals surface area contributed by atoms with E-state index in [0.717, 1.165) is 62.6 Å². The Bertz CT molecular complexity index is 914. The molecule has 0 unspecified atom stereocenters. The fourth-order valence-electron chi connectivity index (χ4n) is 4.66. The van der Waals surface area contributed by atoms with E-state index < -0.39 is 0 Å². The first-order valence-electron chi connectivity index (χ1n) is 11.2. The van der Waals surface area contributed by atoms with Gasteiger partial charge in [0.05, 0.1) is 12.2 Å². The van der Waals surface area contributed by atoms with Gasteiger partial charge in [0.25, 0.3) is 5.56 Å². The first-order valence-corrected chi connectivity index (χ1v) is 11.2. The van der Waals surface area contributed by atoms with Crippen LogP contribution in [0.25, 0.3) is 0 Å². The highest BCUT2D eigenvalue weighted by Crippen LogP contribution is 2.35. The lowest BCUT2D eigenvalue weighted by molar-refractivity contribution is 0.241. The zero-order chi connectivity index (χ0) is 19.6. The first-order chi connectivity index (χ1) is 14.3. The van der Waals surface area contributed by atoms with Crippen LogP contribution in [0.5, 0.6) is 0 Å². The third-order valence-corrected chi connectivity index (χ3v) is 6.80. The summed E-state index contributed by atoms with van der Waals surface area (Å²) in [6, 6.07) is 4.00. The van der Waals surface area contributed by atoms with E-state index in [4.69, 9.17) is 0 Å². The third kappa shape index (κ3) is 4.06. The van der Waals surface area contributed by atoms with Crippen LogP contribution in [0.2, 0.25) is 0 Å². The van der Waals surface area contributed by atoms with Gasteiger partial charge in [-0.3, -0.25) is 9.69 Å². The Kier molecular flexibility index (Phi) is 5.31. The van der Waals surface area contributed by atoms with Crippen LogP contribution in [-0.4, -0.2) is 57.4 Å². The van der Waals surface area contributed by atoms with E-state index in [2.05, 4.69) is 30.9 Å². The van der Waals surface area contributed by atoms with Gasteiger partial charge in [-0.15, -0.1) is 0 Å². The molecule has 2 fully saturated rings. The quantitative estimate of drug-likeness (QED) is 0.773. The summed E-state index contributed by atoms with van der Waals surface area (Å²) < 4.78 is 1.67. The van der Waals surface area contributed by atoms with Crippen LogP contribution in [0, 0.1) is 0 Å². The van der Waals surface area contributed by atoms with Gasteiger partial charge in [0, 0.05) is 56.5 Å². The summed E-state index contributed by atoms with van der Waals surface area (Å²) >= 11 is 0. The molecule has 3 aliphatic rings. The molecular weight excluding hydrogens is 364 g/mol. The molecule has 0 spiro atoms. The summed E-state index contributed by atoms with van der Waals surface area (Å²) in [4.78, 5) is 26.2. The molecule has 3 heterocycles. The second-order valence-electron chi connectivity index (χ2n) is 8.64. The summed E-state index contributed by atoms with van der Waals surface area (Å²) in [6.07, 6.45) is 9.96. The van der Waals surface area contributed by atoms with E-state index in [9.17, 15) is 4.79 Å². The van der Waals surface area contributed by atoms with Crippen LogP contribution in [0.1, 0.15) is 55.0 Å². The van der Waals surface area contributed by atoms with Gasteiger partial charge in [0.1, 0.15) is 12.1 Å². The second kappa shape index (κ2) is 8.22. The van der Waals surface area contributed by atoms with Crippen molar-refractivity contribution in [3.05, 3.63) is 45.8 Å². The highest BCUT2D eigenvalue weighted by Gasteiger charge is 2.23. The molecule has 7 nitrogen and oxygen atoms in total. The van der Waals surface area contributed by atoms with E-state index in [-0.39, 0.29) is 5.56 Å². The van der Waals surface area contributed by atoms with E-state index >= 15 is 0 Å². The number of anilines is 1. The second-order valence-corrected chi connectivity index (χ2v) is 8.64. The Labute approximate surface area is 171 Å². The fourth-order valence-corrected chi connectivity index (χ4v) is 4.66. The van der Waals surface area contributed by atoms with E-state index in [0.29, 0.717) is 12.5 Å². The van der Waals surface area contributed by atoms with Gasteiger partial charge < -0.3 is 4.90 Å². The Morgan fingerprint density at radius 1 is 0.931 bits per heavy atom. The molecule has 0 aromatic carbocycles. The first kappa shape index (κ1) is 18.7. The van der Waals surface area contributed by atoms with Crippen molar-refractivity contribution in [2.24, 2.45) is 0 Å². The van der Waals surface area contributed by atoms with Gasteiger partial charge in [-0.2, -0.15) is 5.10 Å². The maximum absolute atomic E-state index is 12.4. The molecule has 2 aliphatic carbocycles. The monoisotopic (exact) mass is 394 g/mol. The zero-order valence-electron chi connectivity index (χ0n) is 17.1. The maximum atomic E-state index is 12.4. The molecular formula is C22H30N6O. The number of hydrogen-bond acceptors (Lipinski definition) is 6. The number of fused-ring (bicyclic) bond motifs is 1. The Balaban J connectivity index is 1.16. The SMILES string of the molecule is O=c1cc2c(nn1CCN1CCN(c3cc(C4CCC4)ncn3)CC1)CCCC2. The van der Waals surface area contributed by atoms with Crippen LogP contribution in [-0.2, 0) is 19.4 Å². The standard InChI is InChI=1S/C22H30N6O/c29-22-14-18-4-1-2-7-19(18)25-28(22)13-10-26-8-11-27(12-9-26)21-15-20(23-16-24-21)17-5-3-6-17/h14-17H,1-13H2. The van der Waals surface area contributed by atoms with Crippen LogP contribution in [0.4, 0.5) is 5.82 Å². The van der Waals surface area contributed by atoms with Gasteiger partial charge in [-0.25, -0.2) is 14.6 Å². The molecule has 0 atom stereocenters. The molecule has 154 valence electrons. The number of piperazine rings is 1. The van der Waals surface area contributed by atoms with Crippen LogP contribution >= 0.6 is 0 Å². The van der Waals surface area contributed by atoms with Crippen molar-refractivity contribution in [2.75, 3.05) is 37.6 Å². The minimum atomic E-state index is 0.0498. The van der Waals surface area contributed by atoms with Crippen molar-refractivity contribution in [1.29, 1.82) is 0 Å². The van der Waals surface area contributed by atoms with Crippen molar-refractivity contribution in [3.63, 3.8) is 0 Å². The molecule has 1 aliphatic heterocycles. The smallest absolute Gasteiger partial charge is 0.267 e. The van der Waals surface area contributed by atoms with Crippen molar-refractivity contribution in [1.82, 2.24) is 24.6 Å². The predicted octanol–water partition coefficient (Wildman–Crippen LogP) is 2.00. The Hall–Kier alpha value is -2.28. The highest BCUT2D eigenvalue weighted by molar-refractivity contribution is 5.40. The topological polar surface area (TPSA) is 67.2 Å². The minimum Gasteiger partial charge on any atom is -0.354 e. The van der Waals surface area contributed by atoms with Crippen LogP contribution in [0.15, 0.2) is 23.3 Å². The fraction of sp³-hybridized carbons (Fsp3) is 0.636. The molecule has 0 bridgehead atoms. The largest absolute Gasteiger partial charge is 0.354 e. The number of aryl methyl sites for hydroxylation is 2. The van der Waals surface area contributed by atoms with Gasteiger partial charge >= 0.3 is 0 Å². The average molecular weight is 395 g/mol. The number of rotatable bonds is 5. The highest BCUT2D eigenvalue weighted by atomic mass is 16.1. The summed E-state index contributed by atoms with van der Waals surface area (Å²) in [6.45, 7) is 5.45. The van der Waals surface area contributed by atoms with Crippen LogP contribution in [0.3, 0.4) is 0 Å². The zero-order valence-corrected chi connectivity index (χ0v) is 17.1. The van der Waals surface area contributed by atoms with Gasteiger partial charge in [-0.1, -0.05) is 6.42 Å². The molecule has 0 N–H and O–H groups in total. The van der Waals surface area contributed by atoms with E-state index in [1.54, 1.807) is 11.0 Å². The van der Waals surface area contributed by atoms with Crippen molar-refractivity contribution >= 4 is 5.82 Å². The van der Waals surface area contributed by atoms with E-state index in [1.165, 1.54) is 37.8 Å². The van der Waals surface area contributed by atoms with E-state index in [1.807, 2.05) is 6.07 Å². The summed E-state index contributed by atoms with van der Waals surface area (Å²) in [5.41, 5.74) is 3.55. The molecule has 1 saturated heterocycles. The summed E-state index contributed by atoms with van der Waals surface area (Å²) in [7, 11) is 0. The average Bonchev–Trinajstić information content (AvgIpc) is 2.72. The maximum Gasteiger partial charge on any atom is 0.267 e. The molecule has 29 heavy (non-hydrogen) atoms. The minimum absolute atomic E-state index is 0.0498. The van der Waals surface area contributed by atoms with Crippen LogP contribution < -0.4 is 10.5 Å². The Morgan fingerprint density at radius 3 is 2.55 bits per heavy atom. The number of aromatic nitrogens is 4. The molecule has 1 saturated carbocycles. The number of hydrogen-bond donors (Lipinski definition) is 0. The normalized spacial score (nSPS) is 20.3. The van der Waals surface area contributed by atoms with Crippen molar-refractivity contribution < 1.29 is 0 Å². The van der Waals surface area contributed by atoms with Gasteiger partial charge in [-0.05, 0) is 44.1 Å². The lowest BCUT2D eigenvalue weighted by Crippen LogP contribution is -2.48. The molecule has 2 aromatic heterocycles. The van der Waals surface area contributed by atoms with Crippen molar-refractivity contribution in [2.45, 2.75) is 57.4 Å². The molecule has 2 aromatic rings. The summed E-state index contributed by atoms with van der Waals surface area (Å²) in [5.74, 6) is 1.70.